The van der Waals surface area contributed by atoms with E-state index in [1.54, 1.807) is 26.2 Å². The molecule has 0 spiro atoms. The molecule has 2 nitrogen and oxygen atoms in total. The normalized spacial score (nSPS) is 10.5. The van der Waals surface area contributed by atoms with Crippen LogP contribution in [0, 0.1) is 0 Å². The van der Waals surface area contributed by atoms with Gasteiger partial charge in [-0.05, 0) is 17.7 Å². The van der Waals surface area contributed by atoms with Gasteiger partial charge in [-0.15, -0.1) is 0 Å². The van der Waals surface area contributed by atoms with Gasteiger partial charge in [0, 0.05) is 24.6 Å². The lowest BCUT2D eigenvalue weighted by Crippen LogP contribution is -2.18. The van der Waals surface area contributed by atoms with Gasteiger partial charge in [0.1, 0.15) is 0 Å². The first-order chi connectivity index (χ1) is 6.61. The lowest BCUT2D eigenvalue weighted by atomic mass is 10.2. The molecule has 0 saturated carbocycles. The summed E-state index contributed by atoms with van der Waals surface area (Å²) in [5.74, 6) is -0.0132. The Morgan fingerprint density at radius 2 is 2.00 bits per heavy atom. The molecular weight excluding hydrogens is 242 g/mol. The summed E-state index contributed by atoms with van der Waals surface area (Å²) in [4.78, 5) is 12.8. The minimum absolute atomic E-state index is 0.0132. The third-order valence-corrected chi connectivity index (χ3v) is 2.47. The molecule has 0 fully saturated rings. The molecule has 0 aliphatic carbocycles. The number of carbonyl (C=O) groups excluding carboxylic acids is 1. The van der Waals surface area contributed by atoms with Crippen molar-refractivity contribution in [1.29, 1.82) is 0 Å². The fourth-order valence-electron chi connectivity index (χ4n) is 0.920. The van der Waals surface area contributed by atoms with Crippen molar-refractivity contribution in [2.24, 2.45) is 0 Å². The van der Waals surface area contributed by atoms with Gasteiger partial charge in [0.05, 0.1) is 0 Å². The van der Waals surface area contributed by atoms with Crippen LogP contribution in [-0.2, 0) is 4.79 Å². The van der Waals surface area contributed by atoms with Crippen LogP contribution in [0.2, 0.25) is 0 Å². The largest absolute Gasteiger partial charge is 0.345 e. The van der Waals surface area contributed by atoms with E-state index < -0.39 is 0 Å². The predicted molar refractivity (Wildman–Crippen MR) is 61.9 cm³/mol. The van der Waals surface area contributed by atoms with E-state index in [4.69, 9.17) is 0 Å². The van der Waals surface area contributed by atoms with Crippen LogP contribution in [0.25, 0.3) is 6.08 Å². The first-order valence-electron chi connectivity index (χ1n) is 4.25. The molecule has 3 heteroatoms. The van der Waals surface area contributed by atoms with E-state index in [-0.39, 0.29) is 5.91 Å². The van der Waals surface area contributed by atoms with Gasteiger partial charge < -0.3 is 4.90 Å². The van der Waals surface area contributed by atoms with Gasteiger partial charge in [-0.1, -0.05) is 34.1 Å². The molecule has 0 unspecified atom stereocenters. The van der Waals surface area contributed by atoms with E-state index >= 15 is 0 Å². The summed E-state index contributed by atoms with van der Waals surface area (Å²) < 4.78 is 0.989. The van der Waals surface area contributed by atoms with Crippen LogP contribution in [0.1, 0.15) is 5.56 Å². The number of hydrogen-bond donors (Lipinski definition) is 0. The maximum atomic E-state index is 11.3. The number of rotatable bonds is 2. The van der Waals surface area contributed by atoms with Gasteiger partial charge >= 0.3 is 0 Å². The number of amides is 1. The van der Waals surface area contributed by atoms with Crippen molar-refractivity contribution in [2.75, 3.05) is 14.1 Å². The zero-order valence-corrected chi connectivity index (χ0v) is 9.78. The molecule has 0 bridgehead atoms. The van der Waals surface area contributed by atoms with Crippen LogP contribution in [0.4, 0.5) is 0 Å². The van der Waals surface area contributed by atoms with Crippen LogP contribution in [-0.4, -0.2) is 24.9 Å². The van der Waals surface area contributed by atoms with E-state index in [9.17, 15) is 4.79 Å². The summed E-state index contributed by atoms with van der Waals surface area (Å²) in [5.41, 5.74) is 1.00. The van der Waals surface area contributed by atoms with Gasteiger partial charge in [-0.2, -0.15) is 0 Å². The Morgan fingerprint density at radius 1 is 1.36 bits per heavy atom. The van der Waals surface area contributed by atoms with Gasteiger partial charge in [-0.3, -0.25) is 4.79 Å². The Hall–Kier alpha value is -1.09. The second kappa shape index (κ2) is 4.96. The van der Waals surface area contributed by atoms with E-state index in [0.29, 0.717) is 0 Å². The number of halogens is 1. The van der Waals surface area contributed by atoms with Crippen molar-refractivity contribution in [2.45, 2.75) is 0 Å². The molecule has 0 heterocycles. The van der Waals surface area contributed by atoms with Crippen LogP contribution in [0.5, 0.6) is 0 Å². The summed E-state index contributed by atoms with van der Waals surface area (Å²) >= 11 is 3.41. The maximum Gasteiger partial charge on any atom is 0.246 e. The molecule has 1 aromatic rings. The number of nitrogens with zero attached hydrogens (tertiary/aromatic N) is 1. The van der Waals surface area contributed by atoms with Crippen LogP contribution < -0.4 is 0 Å². The first kappa shape index (κ1) is 11.0. The van der Waals surface area contributed by atoms with E-state index in [2.05, 4.69) is 15.9 Å². The van der Waals surface area contributed by atoms with E-state index in [0.717, 1.165) is 10.0 Å². The number of carbonyl (C=O) groups is 1. The summed E-state index contributed by atoms with van der Waals surface area (Å²) in [6.07, 6.45) is 3.35. The summed E-state index contributed by atoms with van der Waals surface area (Å²) in [7, 11) is 3.46. The van der Waals surface area contributed by atoms with Gasteiger partial charge in [0.25, 0.3) is 0 Å². The average Bonchev–Trinajstić information content (AvgIpc) is 2.16. The average molecular weight is 254 g/mol. The zero-order chi connectivity index (χ0) is 10.6. The second-order valence-corrected chi connectivity index (χ2v) is 3.94. The third kappa shape index (κ3) is 3.00. The van der Waals surface area contributed by atoms with Crippen molar-refractivity contribution < 1.29 is 4.79 Å². The molecule has 0 radical (unpaired) electrons. The highest BCUT2D eigenvalue weighted by molar-refractivity contribution is 9.10. The molecule has 0 atom stereocenters. The molecule has 74 valence electrons. The topological polar surface area (TPSA) is 20.3 Å². The lowest BCUT2D eigenvalue weighted by Gasteiger charge is -2.05. The molecule has 0 saturated heterocycles. The first-order valence-corrected chi connectivity index (χ1v) is 5.04. The summed E-state index contributed by atoms with van der Waals surface area (Å²) in [6, 6.07) is 7.77. The van der Waals surface area contributed by atoms with Crippen molar-refractivity contribution in [3.05, 3.63) is 40.4 Å². The Labute approximate surface area is 92.4 Å². The quantitative estimate of drug-likeness (QED) is 0.743. The zero-order valence-electron chi connectivity index (χ0n) is 8.20. The molecule has 14 heavy (non-hydrogen) atoms. The molecule has 0 aliphatic heterocycles. The minimum Gasteiger partial charge on any atom is -0.345 e. The number of benzene rings is 1. The second-order valence-electron chi connectivity index (χ2n) is 3.09. The van der Waals surface area contributed by atoms with Gasteiger partial charge in [0.2, 0.25) is 5.91 Å². The monoisotopic (exact) mass is 253 g/mol. The molecule has 0 aromatic heterocycles. The highest BCUT2D eigenvalue weighted by atomic mass is 79.9. The Morgan fingerprint density at radius 3 is 2.57 bits per heavy atom. The Balaban J connectivity index is 2.79. The number of likely N-dealkylation sites (N-methyl/N-ethyl adjacent to an activating group) is 1. The fraction of sp³-hybridized carbons (Fsp3) is 0.182. The Kier molecular flexibility index (Phi) is 3.89. The van der Waals surface area contributed by atoms with Crippen LogP contribution in [0.3, 0.4) is 0 Å². The standard InChI is InChI=1S/C11H12BrNO/c1-13(2)11(14)8-7-9-5-3-4-6-10(9)12/h3-8H,1-2H3. The van der Waals surface area contributed by atoms with Crippen LogP contribution in [0.15, 0.2) is 34.8 Å². The summed E-state index contributed by atoms with van der Waals surface area (Å²) in [6.45, 7) is 0. The highest BCUT2D eigenvalue weighted by Gasteiger charge is 1.98. The fourth-order valence-corrected chi connectivity index (χ4v) is 1.34. The molecule has 1 amide bonds. The van der Waals surface area contributed by atoms with Crippen molar-refractivity contribution in [3.8, 4) is 0 Å². The molecule has 1 aromatic carbocycles. The van der Waals surface area contributed by atoms with Crippen LogP contribution >= 0.6 is 15.9 Å². The molecule has 0 aliphatic rings. The number of hydrogen-bond acceptors (Lipinski definition) is 1. The summed E-state index contributed by atoms with van der Waals surface area (Å²) in [5, 5.41) is 0. The molecule has 0 N–H and O–H groups in total. The predicted octanol–water partition coefficient (Wildman–Crippen LogP) is 2.55. The van der Waals surface area contributed by atoms with E-state index in [1.807, 2.05) is 24.3 Å². The lowest BCUT2D eigenvalue weighted by molar-refractivity contribution is -0.123. The Bertz CT molecular complexity index is 358. The van der Waals surface area contributed by atoms with Crippen molar-refractivity contribution in [3.63, 3.8) is 0 Å². The van der Waals surface area contributed by atoms with Crippen molar-refractivity contribution >= 4 is 27.9 Å². The van der Waals surface area contributed by atoms with E-state index in [1.165, 1.54) is 4.90 Å². The SMILES string of the molecule is CN(C)C(=O)C=Cc1ccccc1Br. The van der Waals surface area contributed by atoms with Crippen molar-refractivity contribution in [1.82, 2.24) is 4.90 Å². The van der Waals surface area contributed by atoms with Gasteiger partial charge in [-0.25, -0.2) is 0 Å². The molecule has 1 rings (SSSR count). The highest BCUT2D eigenvalue weighted by Crippen LogP contribution is 2.16. The maximum absolute atomic E-state index is 11.3. The third-order valence-electron chi connectivity index (χ3n) is 1.75. The smallest absolute Gasteiger partial charge is 0.246 e. The minimum atomic E-state index is -0.0132. The molecular formula is C11H12BrNO. The van der Waals surface area contributed by atoms with Gasteiger partial charge in [0.15, 0.2) is 0 Å².